The van der Waals surface area contributed by atoms with Gasteiger partial charge in [0, 0.05) is 6.54 Å². The zero-order valence-corrected chi connectivity index (χ0v) is 10.7. The number of rotatable bonds is 1. The van der Waals surface area contributed by atoms with Crippen molar-refractivity contribution in [1.82, 2.24) is 4.90 Å². The molecule has 0 spiro atoms. The first-order valence-electron chi connectivity index (χ1n) is 5.53. The van der Waals surface area contributed by atoms with Crippen LogP contribution < -0.4 is 0 Å². The summed E-state index contributed by atoms with van der Waals surface area (Å²) in [5.74, 6) is -4.88. The Morgan fingerprint density at radius 1 is 1.26 bits per heavy atom. The maximum Gasteiger partial charge on any atom is 0.450 e. The number of nitrogens with zero attached hydrogens (tertiary/aromatic N) is 1. The Balaban J connectivity index is 2.73. The van der Waals surface area contributed by atoms with Gasteiger partial charge < -0.3 is 4.74 Å². The van der Waals surface area contributed by atoms with Gasteiger partial charge >= 0.3 is 12.3 Å². The number of ether oxygens (including phenoxy) is 1. The molecule has 19 heavy (non-hydrogen) atoms. The first-order chi connectivity index (χ1) is 8.42. The molecular formula is C11H14F3NO4. The number of amides is 1. The number of hydrogen-bond acceptors (Lipinski definition) is 4. The van der Waals surface area contributed by atoms with Crippen LogP contribution in [0.2, 0.25) is 0 Å². The van der Waals surface area contributed by atoms with Crippen molar-refractivity contribution in [2.75, 3.05) is 13.1 Å². The number of alkyl halides is 3. The highest BCUT2D eigenvalue weighted by molar-refractivity contribution is 6.08. The van der Waals surface area contributed by atoms with Crippen LogP contribution in [-0.2, 0) is 14.3 Å². The minimum absolute atomic E-state index is 0.540. The van der Waals surface area contributed by atoms with Crippen molar-refractivity contribution >= 4 is 17.7 Å². The monoisotopic (exact) mass is 281 g/mol. The van der Waals surface area contributed by atoms with E-state index in [9.17, 15) is 27.6 Å². The predicted molar refractivity (Wildman–Crippen MR) is 57.4 cm³/mol. The molecule has 1 aliphatic heterocycles. The van der Waals surface area contributed by atoms with Crippen molar-refractivity contribution in [1.29, 1.82) is 0 Å². The SMILES string of the molecule is CC(C)(C)OC(=O)N1CC(=O)C(C(=O)C(F)(F)F)C1. The van der Waals surface area contributed by atoms with Crippen LogP contribution in [0.5, 0.6) is 0 Å². The summed E-state index contributed by atoms with van der Waals surface area (Å²) in [4.78, 5) is 34.8. The van der Waals surface area contributed by atoms with Crippen molar-refractivity contribution in [2.45, 2.75) is 32.5 Å². The number of Topliss-reactive ketones (excluding diaryl/α,β-unsaturated/α-hetero) is 2. The predicted octanol–water partition coefficient (Wildman–Crippen LogP) is 1.55. The van der Waals surface area contributed by atoms with Gasteiger partial charge in [-0.1, -0.05) is 0 Å². The number of carbonyl (C=O) groups is 3. The van der Waals surface area contributed by atoms with Crippen molar-refractivity contribution in [3.05, 3.63) is 0 Å². The molecule has 0 aliphatic carbocycles. The van der Waals surface area contributed by atoms with E-state index in [1.807, 2.05) is 0 Å². The van der Waals surface area contributed by atoms with Crippen LogP contribution in [-0.4, -0.2) is 47.4 Å². The van der Waals surface area contributed by atoms with Crippen molar-refractivity contribution in [3.8, 4) is 0 Å². The second-order valence-electron chi connectivity index (χ2n) is 5.24. The summed E-state index contributed by atoms with van der Waals surface area (Å²) >= 11 is 0. The van der Waals surface area contributed by atoms with E-state index in [1.165, 1.54) is 0 Å². The number of hydrogen-bond donors (Lipinski definition) is 0. The Morgan fingerprint density at radius 3 is 2.21 bits per heavy atom. The molecule has 0 saturated carbocycles. The van der Waals surface area contributed by atoms with E-state index in [0.717, 1.165) is 4.90 Å². The van der Waals surface area contributed by atoms with Gasteiger partial charge in [0.25, 0.3) is 0 Å². The molecule has 0 aromatic heterocycles. The molecule has 1 amide bonds. The molecule has 108 valence electrons. The molecule has 0 radical (unpaired) electrons. The molecule has 0 aromatic rings. The van der Waals surface area contributed by atoms with Gasteiger partial charge in [-0.3, -0.25) is 14.5 Å². The Morgan fingerprint density at radius 2 is 1.79 bits per heavy atom. The first-order valence-corrected chi connectivity index (χ1v) is 5.53. The highest BCUT2D eigenvalue weighted by Crippen LogP contribution is 2.26. The lowest BCUT2D eigenvalue weighted by molar-refractivity contribution is -0.175. The van der Waals surface area contributed by atoms with E-state index in [1.54, 1.807) is 20.8 Å². The molecule has 1 saturated heterocycles. The molecule has 0 bridgehead atoms. The Bertz CT molecular complexity index is 411. The molecule has 0 N–H and O–H groups in total. The first kappa shape index (κ1) is 15.5. The summed E-state index contributed by atoms with van der Waals surface area (Å²) in [6.45, 7) is 3.62. The molecule has 0 aromatic carbocycles. The largest absolute Gasteiger partial charge is 0.450 e. The fraction of sp³-hybridized carbons (Fsp3) is 0.727. The summed E-state index contributed by atoms with van der Waals surface area (Å²) in [5.41, 5.74) is -0.827. The van der Waals surface area contributed by atoms with Gasteiger partial charge in [-0.15, -0.1) is 0 Å². The average Bonchev–Trinajstić information content (AvgIpc) is 2.55. The molecule has 1 unspecified atom stereocenters. The lowest BCUT2D eigenvalue weighted by atomic mass is 10.0. The van der Waals surface area contributed by atoms with Crippen LogP contribution in [0.15, 0.2) is 0 Å². The standard InChI is InChI=1S/C11H14F3NO4/c1-10(2,3)19-9(18)15-4-6(7(16)5-15)8(17)11(12,13)14/h6H,4-5H2,1-3H3. The number of likely N-dealkylation sites (tertiary alicyclic amines) is 1. The van der Waals surface area contributed by atoms with Gasteiger partial charge in [0.15, 0.2) is 5.78 Å². The number of ketones is 2. The van der Waals surface area contributed by atoms with Gasteiger partial charge in [0.05, 0.1) is 6.54 Å². The summed E-state index contributed by atoms with van der Waals surface area (Å²) in [5, 5.41) is 0. The van der Waals surface area contributed by atoms with Crippen LogP contribution in [0.3, 0.4) is 0 Å². The number of carbonyl (C=O) groups excluding carboxylic acids is 3. The lowest BCUT2D eigenvalue weighted by Gasteiger charge is -2.23. The van der Waals surface area contributed by atoms with E-state index in [2.05, 4.69) is 0 Å². The minimum Gasteiger partial charge on any atom is -0.444 e. The molecular weight excluding hydrogens is 267 g/mol. The van der Waals surface area contributed by atoms with Gasteiger partial charge in [-0.2, -0.15) is 13.2 Å². The second-order valence-corrected chi connectivity index (χ2v) is 5.24. The smallest absolute Gasteiger partial charge is 0.444 e. The van der Waals surface area contributed by atoms with Crippen molar-refractivity contribution in [2.24, 2.45) is 5.92 Å². The Labute approximate surface area is 107 Å². The van der Waals surface area contributed by atoms with Gasteiger partial charge in [-0.05, 0) is 20.8 Å². The summed E-state index contributed by atoms with van der Waals surface area (Å²) in [6.07, 6.45) is -5.98. The number of halogens is 3. The van der Waals surface area contributed by atoms with Crippen LogP contribution in [0.25, 0.3) is 0 Å². The van der Waals surface area contributed by atoms with Crippen LogP contribution in [0, 0.1) is 5.92 Å². The third kappa shape index (κ3) is 3.93. The minimum atomic E-state index is -5.08. The summed E-state index contributed by atoms with van der Waals surface area (Å²) < 4.78 is 41.6. The van der Waals surface area contributed by atoms with E-state index in [-0.39, 0.29) is 0 Å². The molecule has 8 heteroatoms. The quantitative estimate of drug-likeness (QED) is 0.684. The molecule has 1 aliphatic rings. The van der Waals surface area contributed by atoms with Crippen LogP contribution in [0.1, 0.15) is 20.8 Å². The van der Waals surface area contributed by atoms with Crippen LogP contribution in [0.4, 0.5) is 18.0 Å². The topological polar surface area (TPSA) is 63.7 Å². The van der Waals surface area contributed by atoms with Gasteiger partial charge in [0.2, 0.25) is 5.78 Å². The fourth-order valence-electron chi connectivity index (χ4n) is 1.58. The maximum absolute atomic E-state index is 12.2. The van der Waals surface area contributed by atoms with E-state index in [4.69, 9.17) is 4.74 Å². The zero-order valence-electron chi connectivity index (χ0n) is 10.7. The van der Waals surface area contributed by atoms with Crippen LogP contribution >= 0.6 is 0 Å². The highest BCUT2D eigenvalue weighted by Gasteiger charge is 2.50. The molecule has 5 nitrogen and oxygen atoms in total. The normalized spacial score (nSPS) is 20.6. The van der Waals surface area contributed by atoms with Gasteiger partial charge in [-0.25, -0.2) is 4.79 Å². The Kier molecular flexibility index (Phi) is 3.92. The molecule has 1 heterocycles. The van der Waals surface area contributed by atoms with Crippen molar-refractivity contribution in [3.63, 3.8) is 0 Å². The zero-order chi connectivity index (χ0) is 15.0. The second kappa shape index (κ2) is 4.82. The average molecular weight is 281 g/mol. The maximum atomic E-state index is 12.2. The molecule has 1 atom stereocenters. The highest BCUT2D eigenvalue weighted by atomic mass is 19.4. The summed E-state index contributed by atoms with van der Waals surface area (Å²) in [7, 11) is 0. The Hall–Kier alpha value is -1.60. The lowest BCUT2D eigenvalue weighted by Crippen LogP contribution is -2.37. The fourth-order valence-corrected chi connectivity index (χ4v) is 1.58. The van der Waals surface area contributed by atoms with E-state index < -0.39 is 48.4 Å². The molecule has 1 fully saturated rings. The third-order valence-corrected chi connectivity index (χ3v) is 2.39. The van der Waals surface area contributed by atoms with E-state index in [0.29, 0.717) is 0 Å². The van der Waals surface area contributed by atoms with Gasteiger partial charge in [0.1, 0.15) is 11.5 Å². The van der Waals surface area contributed by atoms with E-state index >= 15 is 0 Å². The van der Waals surface area contributed by atoms with Crippen molar-refractivity contribution < 1.29 is 32.3 Å². The molecule has 1 rings (SSSR count). The summed E-state index contributed by atoms with van der Waals surface area (Å²) in [6, 6.07) is 0. The third-order valence-electron chi connectivity index (χ3n) is 2.39.